The quantitative estimate of drug-likeness (QED) is 0.747. The number of nitrogens with one attached hydrogen (secondary N) is 2. The molecule has 5 nitrogen and oxygen atoms in total. The van der Waals surface area contributed by atoms with Crippen molar-refractivity contribution >= 4 is 11.6 Å². The van der Waals surface area contributed by atoms with Crippen molar-refractivity contribution in [2.45, 2.75) is 19.4 Å². The number of hydrogen-bond acceptors (Lipinski definition) is 4. The van der Waals surface area contributed by atoms with Crippen LogP contribution in [-0.4, -0.2) is 45.4 Å². The SMILES string of the molecule is COCCOCCNC(=O)C1Cc2ccccc2NC1C. The monoisotopic (exact) mass is 292 g/mol. The van der Waals surface area contributed by atoms with Gasteiger partial charge in [0.2, 0.25) is 5.91 Å². The Kier molecular flexibility index (Phi) is 6.02. The van der Waals surface area contributed by atoms with Crippen molar-refractivity contribution in [2.75, 3.05) is 38.8 Å². The maximum Gasteiger partial charge on any atom is 0.225 e. The molecule has 21 heavy (non-hydrogen) atoms. The lowest BCUT2D eigenvalue weighted by Gasteiger charge is -2.31. The molecule has 0 bridgehead atoms. The highest BCUT2D eigenvalue weighted by molar-refractivity contribution is 5.81. The minimum atomic E-state index is -0.0427. The summed E-state index contributed by atoms with van der Waals surface area (Å²) in [6, 6.07) is 8.28. The second-order valence-corrected chi connectivity index (χ2v) is 5.30. The van der Waals surface area contributed by atoms with E-state index in [1.165, 1.54) is 5.56 Å². The number of hydrogen-bond donors (Lipinski definition) is 2. The lowest BCUT2D eigenvalue weighted by molar-refractivity contribution is -0.125. The first-order chi connectivity index (χ1) is 10.2. The Morgan fingerprint density at radius 1 is 1.33 bits per heavy atom. The number of anilines is 1. The summed E-state index contributed by atoms with van der Waals surface area (Å²) in [6.07, 6.45) is 0.778. The van der Waals surface area contributed by atoms with Crippen LogP contribution in [0.1, 0.15) is 12.5 Å². The standard InChI is InChI=1S/C16H24N2O3/c1-12-14(11-13-5-3-4-6-15(13)18-12)16(19)17-7-8-21-10-9-20-2/h3-6,12,14,18H,7-11H2,1-2H3,(H,17,19). The van der Waals surface area contributed by atoms with Gasteiger partial charge >= 0.3 is 0 Å². The molecular formula is C16H24N2O3. The Labute approximate surface area is 126 Å². The number of carbonyl (C=O) groups excluding carboxylic acids is 1. The predicted molar refractivity (Wildman–Crippen MR) is 82.4 cm³/mol. The summed E-state index contributed by atoms with van der Waals surface area (Å²) in [7, 11) is 1.64. The summed E-state index contributed by atoms with van der Waals surface area (Å²) in [6.45, 7) is 4.23. The Balaban J connectivity index is 1.78. The third-order valence-corrected chi connectivity index (χ3v) is 3.76. The van der Waals surface area contributed by atoms with Gasteiger partial charge in [0.05, 0.1) is 25.7 Å². The first kappa shape index (κ1) is 15.8. The lowest BCUT2D eigenvalue weighted by Crippen LogP contribution is -2.44. The lowest BCUT2D eigenvalue weighted by atomic mass is 9.87. The highest BCUT2D eigenvalue weighted by Crippen LogP contribution is 2.28. The van der Waals surface area contributed by atoms with E-state index in [2.05, 4.69) is 29.7 Å². The number of benzene rings is 1. The third-order valence-electron chi connectivity index (χ3n) is 3.76. The van der Waals surface area contributed by atoms with Crippen LogP contribution >= 0.6 is 0 Å². The van der Waals surface area contributed by atoms with E-state index >= 15 is 0 Å². The zero-order valence-electron chi connectivity index (χ0n) is 12.7. The van der Waals surface area contributed by atoms with Crippen LogP contribution in [-0.2, 0) is 20.7 Å². The fourth-order valence-electron chi connectivity index (χ4n) is 2.54. The van der Waals surface area contributed by atoms with Gasteiger partial charge in [-0.2, -0.15) is 0 Å². The molecule has 0 fully saturated rings. The van der Waals surface area contributed by atoms with Crippen molar-refractivity contribution < 1.29 is 14.3 Å². The molecule has 0 saturated carbocycles. The molecule has 2 atom stereocenters. The molecule has 1 aromatic carbocycles. The Morgan fingerprint density at radius 2 is 2.14 bits per heavy atom. The van der Waals surface area contributed by atoms with Crippen LogP contribution in [0.4, 0.5) is 5.69 Å². The number of ether oxygens (including phenoxy) is 2. The molecule has 0 radical (unpaired) electrons. The fourth-order valence-corrected chi connectivity index (χ4v) is 2.54. The van der Waals surface area contributed by atoms with Crippen molar-refractivity contribution in [1.29, 1.82) is 0 Å². The molecule has 5 heteroatoms. The molecule has 1 aromatic rings. The van der Waals surface area contributed by atoms with Crippen molar-refractivity contribution in [3.8, 4) is 0 Å². The first-order valence-electron chi connectivity index (χ1n) is 7.41. The smallest absolute Gasteiger partial charge is 0.225 e. The summed E-state index contributed by atoms with van der Waals surface area (Å²) >= 11 is 0. The Hall–Kier alpha value is -1.59. The molecule has 0 spiro atoms. The summed E-state index contributed by atoms with van der Waals surface area (Å²) in [4.78, 5) is 12.3. The fraction of sp³-hybridized carbons (Fsp3) is 0.562. The van der Waals surface area contributed by atoms with Crippen LogP contribution in [0.5, 0.6) is 0 Å². The minimum absolute atomic E-state index is 0.0427. The highest BCUT2D eigenvalue weighted by atomic mass is 16.5. The number of carbonyl (C=O) groups is 1. The van der Waals surface area contributed by atoms with Gasteiger partial charge in [-0.05, 0) is 25.0 Å². The van der Waals surface area contributed by atoms with Crippen LogP contribution in [0.2, 0.25) is 0 Å². The highest BCUT2D eigenvalue weighted by Gasteiger charge is 2.29. The molecular weight excluding hydrogens is 268 g/mol. The van der Waals surface area contributed by atoms with Crippen LogP contribution in [0.15, 0.2) is 24.3 Å². The summed E-state index contributed by atoms with van der Waals surface area (Å²) in [5.41, 5.74) is 2.34. The first-order valence-corrected chi connectivity index (χ1v) is 7.41. The molecule has 1 amide bonds. The number of fused-ring (bicyclic) bond motifs is 1. The second-order valence-electron chi connectivity index (χ2n) is 5.30. The molecule has 0 saturated heterocycles. The molecule has 1 aliphatic rings. The van der Waals surface area contributed by atoms with Gasteiger partial charge in [-0.3, -0.25) is 4.79 Å². The molecule has 1 aliphatic heterocycles. The zero-order chi connectivity index (χ0) is 15.1. The van der Waals surface area contributed by atoms with E-state index < -0.39 is 0 Å². The molecule has 2 unspecified atom stereocenters. The zero-order valence-corrected chi connectivity index (χ0v) is 12.7. The van der Waals surface area contributed by atoms with Crippen LogP contribution in [0.25, 0.3) is 0 Å². The van der Waals surface area contributed by atoms with Crippen LogP contribution in [0.3, 0.4) is 0 Å². The average Bonchev–Trinajstić information content (AvgIpc) is 2.49. The van der Waals surface area contributed by atoms with Gasteiger partial charge in [0, 0.05) is 25.4 Å². The largest absolute Gasteiger partial charge is 0.382 e. The number of amides is 1. The van der Waals surface area contributed by atoms with Crippen LogP contribution < -0.4 is 10.6 Å². The van der Waals surface area contributed by atoms with E-state index in [9.17, 15) is 4.79 Å². The summed E-state index contributed by atoms with van der Waals surface area (Å²) < 4.78 is 10.2. The molecule has 1 heterocycles. The van der Waals surface area contributed by atoms with E-state index in [0.29, 0.717) is 26.4 Å². The number of para-hydroxylation sites is 1. The minimum Gasteiger partial charge on any atom is -0.382 e. The molecule has 2 N–H and O–H groups in total. The van der Waals surface area contributed by atoms with Gasteiger partial charge in [0.25, 0.3) is 0 Å². The molecule has 116 valence electrons. The van der Waals surface area contributed by atoms with E-state index in [1.54, 1.807) is 7.11 Å². The van der Waals surface area contributed by atoms with Crippen LogP contribution in [0, 0.1) is 5.92 Å². The van der Waals surface area contributed by atoms with Crippen molar-refractivity contribution in [3.63, 3.8) is 0 Å². The Morgan fingerprint density at radius 3 is 2.95 bits per heavy atom. The van der Waals surface area contributed by atoms with Gasteiger partial charge in [-0.1, -0.05) is 18.2 Å². The summed E-state index contributed by atoms with van der Waals surface area (Å²) in [5, 5.41) is 6.35. The van der Waals surface area contributed by atoms with E-state index in [-0.39, 0.29) is 17.9 Å². The number of rotatable bonds is 7. The maximum absolute atomic E-state index is 12.3. The average molecular weight is 292 g/mol. The third kappa shape index (κ3) is 4.44. The van der Waals surface area contributed by atoms with Gasteiger partial charge < -0.3 is 20.1 Å². The van der Waals surface area contributed by atoms with Gasteiger partial charge in [0.1, 0.15) is 0 Å². The Bertz CT molecular complexity index is 465. The topological polar surface area (TPSA) is 59.6 Å². The van der Waals surface area contributed by atoms with E-state index in [1.807, 2.05) is 12.1 Å². The van der Waals surface area contributed by atoms with Gasteiger partial charge in [0.15, 0.2) is 0 Å². The molecule has 0 aromatic heterocycles. The molecule has 0 aliphatic carbocycles. The second kappa shape index (κ2) is 8.00. The number of methoxy groups -OCH3 is 1. The normalized spacial score (nSPS) is 20.5. The predicted octanol–water partition coefficient (Wildman–Crippen LogP) is 1.44. The van der Waals surface area contributed by atoms with Gasteiger partial charge in [-0.25, -0.2) is 0 Å². The van der Waals surface area contributed by atoms with E-state index in [0.717, 1.165) is 12.1 Å². The molecule has 2 rings (SSSR count). The summed E-state index contributed by atoms with van der Waals surface area (Å²) in [5.74, 6) is 0.0405. The van der Waals surface area contributed by atoms with Crippen molar-refractivity contribution in [2.24, 2.45) is 5.92 Å². The van der Waals surface area contributed by atoms with E-state index in [4.69, 9.17) is 9.47 Å². The van der Waals surface area contributed by atoms with Crippen molar-refractivity contribution in [3.05, 3.63) is 29.8 Å². The maximum atomic E-state index is 12.3. The van der Waals surface area contributed by atoms with Gasteiger partial charge in [-0.15, -0.1) is 0 Å². The van der Waals surface area contributed by atoms with Crippen molar-refractivity contribution in [1.82, 2.24) is 5.32 Å².